The first-order valence-corrected chi connectivity index (χ1v) is 10.2. The third-order valence-corrected chi connectivity index (χ3v) is 6.34. The van der Waals surface area contributed by atoms with Gasteiger partial charge in [0.2, 0.25) is 0 Å². The molecule has 1 nitrogen and oxygen atoms in total. The van der Waals surface area contributed by atoms with Gasteiger partial charge in [-0.2, -0.15) is 0 Å². The number of allylic oxidation sites excluding steroid dienone is 2. The molecule has 1 heterocycles. The van der Waals surface area contributed by atoms with Gasteiger partial charge in [0.1, 0.15) is 0 Å². The maximum absolute atomic E-state index is 3.69. The first-order chi connectivity index (χ1) is 14.3. The third kappa shape index (κ3) is 2.41. The zero-order valence-electron chi connectivity index (χ0n) is 16.4. The lowest BCUT2D eigenvalue weighted by Crippen LogP contribution is -1.91. The van der Waals surface area contributed by atoms with Crippen LogP contribution >= 0.6 is 0 Å². The van der Waals surface area contributed by atoms with Crippen LogP contribution in [0, 0.1) is 0 Å². The number of H-pyrrole nitrogens is 1. The molecule has 0 fully saturated rings. The van der Waals surface area contributed by atoms with Crippen molar-refractivity contribution in [2.45, 2.75) is 13.3 Å². The molecule has 0 spiro atoms. The highest BCUT2D eigenvalue weighted by Crippen LogP contribution is 2.44. The molecule has 5 aromatic rings. The van der Waals surface area contributed by atoms with E-state index in [1.807, 2.05) is 0 Å². The molecule has 0 saturated carbocycles. The largest absolute Gasteiger partial charge is 0.354 e. The SMILES string of the molecule is CC1=C(c2ccccc2-c2ccccc2)Cc2c1ccc1c2[nH]c2ccccc21. The second-order valence-electron chi connectivity index (χ2n) is 7.88. The Morgan fingerprint density at radius 1 is 0.621 bits per heavy atom. The topological polar surface area (TPSA) is 15.8 Å². The molecule has 0 unspecified atom stereocenters. The summed E-state index contributed by atoms with van der Waals surface area (Å²) in [5, 5.41) is 2.63. The first-order valence-electron chi connectivity index (χ1n) is 10.2. The van der Waals surface area contributed by atoms with Gasteiger partial charge in [0.15, 0.2) is 0 Å². The van der Waals surface area contributed by atoms with Crippen LogP contribution in [0.25, 0.3) is 44.1 Å². The van der Waals surface area contributed by atoms with Crippen LogP contribution in [0.2, 0.25) is 0 Å². The van der Waals surface area contributed by atoms with E-state index < -0.39 is 0 Å². The Morgan fingerprint density at radius 3 is 2.21 bits per heavy atom. The maximum atomic E-state index is 3.69. The van der Waals surface area contributed by atoms with Crippen molar-refractivity contribution in [3.63, 3.8) is 0 Å². The number of aromatic nitrogens is 1. The monoisotopic (exact) mass is 371 g/mol. The maximum Gasteiger partial charge on any atom is 0.0506 e. The van der Waals surface area contributed by atoms with Crippen molar-refractivity contribution < 1.29 is 0 Å². The lowest BCUT2D eigenvalue weighted by Gasteiger charge is -2.12. The normalized spacial score (nSPS) is 13.4. The van der Waals surface area contributed by atoms with E-state index >= 15 is 0 Å². The molecule has 29 heavy (non-hydrogen) atoms. The Kier molecular flexibility index (Phi) is 3.51. The van der Waals surface area contributed by atoms with Crippen LogP contribution in [0.15, 0.2) is 91.0 Å². The van der Waals surface area contributed by atoms with Gasteiger partial charge in [0.05, 0.1) is 5.52 Å². The minimum atomic E-state index is 0.967. The zero-order chi connectivity index (χ0) is 19.4. The number of fused-ring (bicyclic) bond motifs is 5. The number of rotatable bonds is 2. The molecule has 6 rings (SSSR count). The smallest absolute Gasteiger partial charge is 0.0506 e. The molecule has 1 heteroatoms. The summed E-state index contributed by atoms with van der Waals surface area (Å²) in [6, 6.07) is 32.7. The average molecular weight is 371 g/mol. The molecular weight excluding hydrogens is 350 g/mol. The molecular formula is C28H21N. The molecule has 0 bridgehead atoms. The molecule has 0 atom stereocenters. The van der Waals surface area contributed by atoms with E-state index in [2.05, 4.69) is 103 Å². The molecule has 4 aromatic carbocycles. The quantitative estimate of drug-likeness (QED) is 0.331. The summed E-state index contributed by atoms with van der Waals surface area (Å²) < 4.78 is 0. The van der Waals surface area contributed by atoms with Crippen molar-refractivity contribution in [1.29, 1.82) is 0 Å². The van der Waals surface area contributed by atoms with Crippen LogP contribution < -0.4 is 0 Å². The van der Waals surface area contributed by atoms with Gasteiger partial charge in [0.25, 0.3) is 0 Å². The highest BCUT2D eigenvalue weighted by atomic mass is 14.7. The van der Waals surface area contributed by atoms with Crippen molar-refractivity contribution in [1.82, 2.24) is 4.98 Å². The Hall–Kier alpha value is -3.58. The van der Waals surface area contributed by atoms with E-state index in [4.69, 9.17) is 0 Å². The molecule has 138 valence electrons. The van der Waals surface area contributed by atoms with Gasteiger partial charge in [-0.1, -0.05) is 84.9 Å². The summed E-state index contributed by atoms with van der Waals surface area (Å²) in [4.78, 5) is 3.69. The third-order valence-electron chi connectivity index (χ3n) is 6.34. The molecule has 1 aliphatic rings. The molecule has 1 aromatic heterocycles. The summed E-state index contributed by atoms with van der Waals surface area (Å²) in [5.41, 5.74) is 12.1. The zero-order valence-corrected chi connectivity index (χ0v) is 16.4. The Bertz CT molecular complexity index is 1420. The fourth-order valence-corrected chi connectivity index (χ4v) is 4.90. The Balaban J connectivity index is 1.55. The molecule has 0 aliphatic heterocycles. The van der Waals surface area contributed by atoms with Gasteiger partial charge in [-0.15, -0.1) is 0 Å². The number of aromatic amines is 1. The molecule has 1 N–H and O–H groups in total. The van der Waals surface area contributed by atoms with Crippen LogP contribution in [0.5, 0.6) is 0 Å². The van der Waals surface area contributed by atoms with E-state index in [0.717, 1.165) is 6.42 Å². The van der Waals surface area contributed by atoms with E-state index in [9.17, 15) is 0 Å². The fraction of sp³-hybridized carbons (Fsp3) is 0.0714. The standard InChI is InChI=1S/C28H21N/c1-18-20-15-16-24-23-13-7-8-14-27(23)29-28(24)26(20)17-25(18)22-12-6-5-11-21(22)19-9-3-2-4-10-19/h2-16,29H,17H2,1H3. The van der Waals surface area contributed by atoms with E-state index in [1.54, 1.807) is 0 Å². The average Bonchev–Trinajstić information content (AvgIpc) is 3.32. The van der Waals surface area contributed by atoms with Crippen molar-refractivity contribution in [3.8, 4) is 11.1 Å². The second-order valence-corrected chi connectivity index (χ2v) is 7.88. The van der Waals surface area contributed by atoms with Gasteiger partial charge < -0.3 is 4.98 Å². The number of para-hydroxylation sites is 1. The minimum Gasteiger partial charge on any atom is -0.354 e. The summed E-state index contributed by atoms with van der Waals surface area (Å²) in [6.45, 7) is 2.28. The molecule has 0 saturated heterocycles. The molecule has 0 amide bonds. The molecule has 0 radical (unpaired) electrons. The van der Waals surface area contributed by atoms with Gasteiger partial charge in [-0.3, -0.25) is 0 Å². The van der Waals surface area contributed by atoms with Crippen molar-refractivity contribution in [2.24, 2.45) is 0 Å². The summed E-state index contributed by atoms with van der Waals surface area (Å²) >= 11 is 0. The highest BCUT2D eigenvalue weighted by molar-refractivity contribution is 6.12. The van der Waals surface area contributed by atoms with Crippen LogP contribution in [0.3, 0.4) is 0 Å². The van der Waals surface area contributed by atoms with Gasteiger partial charge in [0, 0.05) is 22.7 Å². The Morgan fingerprint density at radius 2 is 1.34 bits per heavy atom. The fourth-order valence-electron chi connectivity index (χ4n) is 4.90. The van der Waals surface area contributed by atoms with E-state index in [1.165, 1.54) is 60.8 Å². The Labute approximate surface area is 170 Å². The van der Waals surface area contributed by atoms with Crippen molar-refractivity contribution in [3.05, 3.63) is 108 Å². The van der Waals surface area contributed by atoms with Crippen molar-refractivity contribution >= 4 is 33.0 Å². The second kappa shape index (κ2) is 6.22. The summed E-state index contributed by atoms with van der Waals surface area (Å²) in [6.07, 6.45) is 0.967. The van der Waals surface area contributed by atoms with E-state index in [-0.39, 0.29) is 0 Å². The van der Waals surface area contributed by atoms with Crippen LogP contribution in [0.4, 0.5) is 0 Å². The predicted molar refractivity (Wildman–Crippen MR) is 124 cm³/mol. The number of nitrogens with one attached hydrogen (secondary N) is 1. The van der Waals surface area contributed by atoms with Crippen molar-refractivity contribution in [2.75, 3.05) is 0 Å². The number of hydrogen-bond acceptors (Lipinski definition) is 0. The summed E-state index contributed by atoms with van der Waals surface area (Å²) in [7, 11) is 0. The van der Waals surface area contributed by atoms with Crippen LogP contribution in [-0.2, 0) is 6.42 Å². The van der Waals surface area contributed by atoms with Crippen LogP contribution in [-0.4, -0.2) is 4.98 Å². The first kappa shape index (κ1) is 16.4. The van der Waals surface area contributed by atoms with E-state index in [0.29, 0.717) is 0 Å². The molecule has 1 aliphatic carbocycles. The summed E-state index contributed by atoms with van der Waals surface area (Å²) in [5.74, 6) is 0. The lowest BCUT2D eigenvalue weighted by molar-refractivity contribution is 1.32. The number of hydrogen-bond donors (Lipinski definition) is 1. The predicted octanol–water partition coefficient (Wildman–Crippen LogP) is 7.47. The van der Waals surface area contributed by atoms with Crippen LogP contribution in [0.1, 0.15) is 23.6 Å². The number of benzene rings is 4. The highest BCUT2D eigenvalue weighted by Gasteiger charge is 2.24. The van der Waals surface area contributed by atoms with Gasteiger partial charge >= 0.3 is 0 Å². The minimum absolute atomic E-state index is 0.967. The van der Waals surface area contributed by atoms with Gasteiger partial charge in [-0.25, -0.2) is 0 Å². The lowest BCUT2D eigenvalue weighted by atomic mass is 9.92. The van der Waals surface area contributed by atoms with Gasteiger partial charge in [-0.05, 0) is 52.0 Å².